The molecule has 30 heavy (non-hydrogen) atoms. The highest BCUT2D eigenvalue weighted by Gasteiger charge is 2.16. The Balaban J connectivity index is 1.78. The van der Waals surface area contributed by atoms with Crippen molar-refractivity contribution in [1.82, 2.24) is 14.1 Å². The number of benzene rings is 2. The smallest absolute Gasteiger partial charge is 0.277 e. The molecular formula is C24H27N5O. The summed E-state index contributed by atoms with van der Waals surface area (Å²) in [6, 6.07) is 17.3. The van der Waals surface area contributed by atoms with Crippen LogP contribution in [0.2, 0.25) is 0 Å². The molecular weight excluding hydrogens is 374 g/mol. The molecule has 4 rings (SSSR count). The Morgan fingerprint density at radius 3 is 2.07 bits per heavy atom. The van der Waals surface area contributed by atoms with Crippen LogP contribution < -0.4 is 17.0 Å². The van der Waals surface area contributed by atoms with Gasteiger partial charge in [0.25, 0.3) is 5.56 Å². The quantitative estimate of drug-likeness (QED) is 0.461. The number of nitrogens with two attached hydrogens (primary N) is 2. The Hall–Kier alpha value is -3.54. The van der Waals surface area contributed by atoms with E-state index in [2.05, 4.69) is 11.5 Å². The number of pyridine rings is 1. The molecule has 154 valence electrons. The van der Waals surface area contributed by atoms with Gasteiger partial charge < -0.3 is 20.6 Å². The number of imidazole rings is 1. The Labute approximate surface area is 175 Å². The van der Waals surface area contributed by atoms with Gasteiger partial charge in [-0.2, -0.15) is 0 Å². The fourth-order valence-corrected chi connectivity index (χ4v) is 3.67. The maximum Gasteiger partial charge on any atom is 0.277 e. The number of hydrogen-bond donors (Lipinski definition) is 2. The van der Waals surface area contributed by atoms with Gasteiger partial charge in [-0.05, 0) is 47.9 Å². The highest BCUT2D eigenvalue weighted by Crippen LogP contribution is 2.18. The molecule has 4 aromatic rings. The average molecular weight is 402 g/mol. The van der Waals surface area contributed by atoms with Crippen molar-refractivity contribution in [2.24, 2.45) is 0 Å². The summed E-state index contributed by atoms with van der Waals surface area (Å²) >= 11 is 0. The topological polar surface area (TPSA) is 91.9 Å². The van der Waals surface area contributed by atoms with E-state index in [0.29, 0.717) is 24.3 Å². The van der Waals surface area contributed by atoms with Crippen LogP contribution in [0.25, 0.3) is 11.0 Å². The van der Waals surface area contributed by atoms with Gasteiger partial charge in [-0.1, -0.05) is 37.6 Å². The lowest BCUT2D eigenvalue weighted by molar-refractivity contribution is 0.684. The summed E-state index contributed by atoms with van der Waals surface area (Å²) in [5, 5.41) is 0. The van der Waals surface area contributed by atoms with Crippen molar-refractivity contribution in [3.63, 3.8) is 0 Å². The van der Waals surface area contributed by atoms with Crippen LogP contribution in [0.4, 0.5) is 11.4 Å². The molecule has 2 aromatic heterocycles. The Bertz CT molecular complexity index is 1200. The van der Waals surface area contributed by atoms with Crippen LogP contribution in [0.5, 0.6) is 0 Å². The summed E-state index contributed by atoms with van der Waals surface area (Å²) < 4.78 is 3.80. The van der Waals surface area contributed by atoms with E-state index in [1.165, 1.54) is 0 Å². The van der Waals surface area contributed by atoms with E-state index in [9.17, 15) is 4.79 Å². The van der Waals surface area contributed by atoms with E-state index < -0.39 is 0 Å². The standard InChI is InChI=1S/C24H27N5O/c1-2-3-4-22-27-21-13-14-28(15-17-5-9-19(25)10-6-17)24(30)23(21)29(22)16-18-7-11-20(26)12-8-18/h5-14H,2-4,15-16,25-26H2,1H3. The van der Waals surface area contributed by atoms with Gasteiger partial charge in [0, 0.05) is 30.5 Å². The molecule has 0 radical (unpaired) electrons. The molecule has 0 atom stereocenters. The van der Waals surface area contributed by atoms with Crippen LogP contribution >= 0.6 is 0 Å². The first kappa shape index (κ1) is 19.8. The summed E-state index contributed by atoms with van der Waals surface area (Å²) in [7, 11) is 0. The molecule has 0 saturated heterocycles. The van der Waals surface area contributed by atoms with E-state index in [-0.39, 0.29) is 5.56 Å². The highest BCUT2D eigenvalue weighted by molar-refractivity contribution is 5.75. The predicted molar refractivity (Wildman–Crippen MR) is 123 cm³/mol. The molecule has 4 N–H and O–H groups in total. The minimum atomic E-state index is -0.0324. The fraction of sp³-hybridized carbons (Fsp3) is 0.250. The van der Waals surface area contributed by atoms with Crippen molar-refractivity contribution >= 4 is 22.4 Å². The number of nitrogen functional groups attached to an aromatic ring is 2. The van der Waals surface area contributed by atoms with Gasteiger partial charge in [-0.3, -0.25) is 4.79 Å². The summed E-state index contributed by atoms with van der Waals surface area (Å²) in [5.41, 5.74) is 16.5. The second-order valence-electron chi connectivity index (χ2n) is 7.68. The third kappa shape index (κ3) is 4.08. The van der Waals surface area contributed by atoms with Gasteiger partial charge in [-0.25, -0.2) is 4.98 Å². The number of anilines is 2. The van der Waals surface area contributed by atoms with E-state index in [0.717, 1.165) is 47.4 Å². The van der Waals surface area contributed by atoms with Crippen LogP contribution in [-0.4, -0.2) is 14.1 Å². The fourth-order valence-electron chi connectivity index (χ4n) is 3.67. The van der Waals surface area contributed by atoms with Crippen LogP contribution in [-0.2, 0) is 19.5 Å². The predicted octanol–water partition coefficient (Wildman–Crippen LogP) is 3.80. The van der Waals surface area contributed by atoms with Crippen molar-refractivity contribution in [3.8, 4) is 0 Å². The van der Waals surface area contributed by atoms with E-state index in [1.807, 2.05) is 60.8 Å². The summed E-state index contributed by atoms with van der Waals surface area (Å²) in [6.45, 7) is 3.25. The van der Waals surface area contributed by atoms with Gasteiger partial charge in [0.05, 0.1) is 12.1 Å². The SMILES string of the molecule is CCCCc1nc2ccn(Cc3ccc(N)cc3)c(=O)c2n1Cc1ccc(N)cc1. The van der Waals surface area contributed by atoms with Crippen LogP contribution in [0.3, 0.4) is 0 Å². The van der Waals surface area contributed by atoms with Crippen LogP contribution in [0.1, 0.15) is 36.7 Å². The molecule has 6 heteroatoms. The average Bonchev–Trinajstić information content (AvgIpc) is 3.09. The molecule has 0 aliphatic heterocycles. The Kier molecular flexibility index (Phi) is 5.57. The monoisotopic (exact) mass is 401 g/mol. The molecule has 2 heterocycles. The molecule has 0 aliphatic carbocycles. The Morgan fingerprint density at radius 1 is 0.867 bits per heavy atom. The number of unbranched alkanes of at least 4 members (excludes halogenated alkanes) is 1. The largest absolute Gasteiger partial charge is 0.399 e. The zero-order chi connectivity index (χ0) is 21.1. The van der Waals surface area contributed by atoms with E-state index in [4.69, 9.17) is 16.5 Å². The van der Waals surface area contributed by atoms with Crippen LogP contribution in [0.15, 0.2) is 65.6 Å². The summed E-state index contributed by atoms with van der Waals surface area (Å²) in [4.78, 5) is 18.2. The summed E-state index contributed by atoms with van der Waals surface area (Å²) in [6.07, 6.45) is 4.78. The Morgan fingerprint density at radius 2 is 1.47 bits per heavy atom. The number of rotatable bonds is 7. The molecule has 0 fully saturated rings. The van der Waals surface area contributed by atoms with Crippen molar-refractivity contribution in [1.29, 1.82) is 0 Å². The molecule has 6 nitrogen and oxygen atoms in total. The number of aromatic nitrogens is 3. The normalized spacial score (nSPS) is 11.2. The lowest BCUT2D eigenvalue weighted by Gasteiger charge is -2.11. The third-order valence-electron chi connectivity index (χ3n) is 5.36. The molecule has 0 spiro atoms. The zero-order valence-electron chi connectivity index (χ0n) is 17.2. The first-order valence-electron chi connectivity index (χ1n) is 10.3. The van der Waals surface area contributed by atoms with Gasteiger partial charge in [0.15, 0.2) is 0 Å². The first-order chi connectivity index (χ1) is 14.5. The number of fused-ring (bicyclic) bond motifs is 1. The molecule has 0 saturated carbocycles. The van der Waals surface area contributed by atoms with Gasteiger partial charge in [0.2, 0.25) is 0 Å². The molecule has 0 aliphatic rings. The third-order valence-corrected chi connectivity index (χ3v) is 5.36. The van der Waals surface area contributed by atoms with E-state index in [1.54, 1.807) is 4.57 Å². The number of aryl methyl sites for hydroxylation is 1. The van der Waals surface area contributed by atoms with Crippen LogP contribution in [0, 0.1) is 0 Å². The molecule has 0 bridgehead atoms. The minimum Gasteiger partial charge on any atom is -0.399 e. The second kappa shape index (κ2) is 8.45. The van der Waals surface area contributed by atoms with Crippen molar-refractivity contribution < 1.29 is 0 Å². The van der Waals surface area contributed by atoms with Crippen molar-refractivity contribution in [3.05, 3.63) is 88.1 Å². The zero-order valence-corrected chi connectivity index (χ0v) is 17.2. The summed E-state index contributed by atoms with van der Waals surface area (Å²) in [5.74, 6) is 0.950. The maximum atomic E-state index is 13.4. The molecule has 0 amide bonds. The maximum absolute atomic E-state index is 13.4. The molecule has 0 unspecified atom stereocenters. The lowest BCUT2D eigenvalue weighted by atomic mass is 10.2. The van der Waals surface area contributed by atoms with Crippen molar-refractivity contribution in [2.75, 3.05) is 11.5 Å². The van der Waals surface area contributed by atoms with Crippen molar-refractivity contribution in [2.45, 2.75) is 39.3 Å². The number of nitrogens with zero attached hydrogens (tertiary/aromatic N) is 3. The second-order valence-corrected chi connectivity index (χ2v) is 7.68. The molecule has 2 aromatic carbocycles. The highest BCUT2D eigenvalue weighted by atomic mass is 16.1. The van der Waals surface area contributed by atoms with E-state index >= 15 is 0 Å². The van der Waals surface area contributed by atoms with Gasteiger partial charge in [0.1, 0.15) is 11.3 Å². The lowest BCUT2D eigenvalue weighted by Crippen LogP contribution is -2.22. The first-order valence-corrected chi connectivity index (χ1v) is 10.3. The minimum absolute atomic E-state index is 0.0324. The van der Waals surface area contributed by atoms with Gasteiger partial charge >= 0.3 is 0 Å². The number of hydrogen-bond acceptors (Lipinski definition) is 4. The van der Waals surface area contributed by atoms with Gasteiger partial charge in [-0.15, -0.1) is 0 Å².